The molecular formula is C16H20. The Morgan fingerprint density at radius 3 is 2.31 bits per heavy atom. The standard InChI is InChI=1S/C16H20/c1-6-9-11-14(4)15(5)13-16(8-3)12-10-7-2/h6-13H,1,3-4H2,2,5H3/b10-7-,11-9-,15-13+,16-12+. The van der Waals surface area contributed by atoms with Gasteiger partial charge >= 0.3 is 0 Å². The number of hydrogen-bond acceptors (Lipinski definition) is 0. The summed E-state index contributed by atoms with van der Waals surface area (Å²) in [6.45, 7) is 15.4. The highest BCUT2D eigenvalue weighted by Gasteiger charge is 1.92. The minimum absolute atomic E-state index is 0.980. The van der Waals surface area contributed by atoms with Crippen molar-refractivity contribution in [2.75, 3.05) is 0 Å². The molecule has 0 radical (unpaired) electrons. The van der Waals surface area contributed by atoms with E-state index < -0.39 is 0 Å². The summed E-state index contributed by atoms with van der Waals surface area (Å²) in [6.07, 6.45) is 15.4. The number of hydrogen-bond donors (Lipinski definition) is 0. The Morgan fingerprint density at radius 2 is 1.81 bits per heavy atom. The van der Waals surface area contributed by atoms with Crippen molar-refractivity contribution in [2.45, 2.75) is 13.8 Å². The Labute approximate surface area is 99.4 Å². The summed E-state index contributed by atoms with van der Waals surface area (Å²) < 4.78 is 0. The van der Waals surface area contributed by atoms with E-state index in [-0.39, 0.29) is 0 Å². The van der Waals surface area contributed by atoms with Crippen LogP contribution in [0.3, 0.4) is 0 Å². The van der Waals surface area contributed by atoms with E-state index in [2.05, 4.69) is 25.8 Å². The fourth-order valence-corrected chi connectivity index (χ4v) is 1.04. The van der Waals surface area contributed by atoms with Crippen LogP contribution in [-0.4, -0.2) is 0 Å². The lowest BCUT2D eigenvalue weighted by molar-refractivity contribution is 1.42. The van der Waals surface area contributed by atoms with Gasteiger partial charge in [0.15, 0.2) is 0 Å². The maximum atomic E-state index is 3.98. The molecule has 0 unspecified atom stereocenters. The topological polar surface area (TPSA) is 0 Å². The molecule has 16 heavy (non-hydrogen) atoms. The molecule has 0 amide bonds. The monoisotopic (exact) mass is 212 g/mol. The molecular weight excluding hydrogens is 192 g/mol. The van der Waals surface area contributed by atoms with E-state index >= 15 is 0 Å². The minimum Gasteiger partial charge on any atom is -0.0991 e. The molecule has 0 rings (SSSR count). The second-order valence-corrected chi connectivity index (χ2v) is 3.34. The molecule has 0 aromatic heterocycles. The van der Waals surface area contributed by atoms with E-state index in [0.29, 0.717) is 0 Å². The first-order valence-corrected chi connectivity index (χ1v) is 5.27. The summed E-state index contributed by atoms with van der Waals surface area (Å²) in [7, 11) is 0. The van der Waals surface area contributed by atoms with Crippen molar-refractivity contribution < 1.29 is 0 Å². The quantitative estimate of drug-likeness (QED) is 0.548. The van der Waals surface area contributed by atoms with Gasteiger partial charge in [0.25, 0.3) is 0 Å². The van der Waals surface area contributed by atoms with Crippen LogP contribution in [0.25, 0.3) is 0 Å². The van der Waals surface area contributed by atoms with E-state index in [1.54, 1.807) is 6.08 Å². The Hall–Kier alpha value is -1.82. The Morgan fingerprint density at radius 1 is 1.12 bits per heavy atom. The first-order chi connectivity index (χ1) is 7.65. The highest BCUT2D eigenvalue weighted by atomic mass is 14.0. The number of allylic oxidation sites excluding steroid dienone is 11. The predicted molar refractivity (Wildman–Crippen MR) is 75.3 cm³/mol. The summed E-state index contributed by atoms with van der Waals surface area (Å²) in [6, 6.07) is 0. The van der Waals surface area contributed by atoms with Crippen LogP contribution in [0.1, 0.15) is 13.8 Å². The molecule has 0 aliphatic carbocycles. The second-order valence-electron chi connectivity index (χ2n) is 3.34. The maximum Gasteiger partial charge on any atom is -0.0260 e. The van der Waals surface area contributed by atoms with E-state index in [1.807, 2.05) is 50.3 Å². The zero-order valence-corrected chi connectivity index (χ0v) is 10.2. The normalized spacial score (nSPS) is 13.4. The molecule has 0 heterocycles. The lowest BCUT2D eigenvalue weighted by Gasteiger charge is -2.00. The molecule has 0 heteroatoms. The lowest BCUT2D eigenvalue weighted by Crippen LogP contribution is -1.80. The molecule has 0 bridgehead atoms. The van der Waals surface area contributed by atoms with Gasteiger partial charge in [0.2, 0.25) is 0 Å². The molecule has 0 atom stereocenters. The van der Waals surface area contributed by atoms with Crippen molar-refractivity contribution in [2.24, 2.45) is 0 Å². The zero-order chi connectivity index (χ0) is 12.4. The minimum atomic E-state index is 0.980. The van der Waals surface area contributed by atoms with Crippen molar-refractivity contribution >= 4 is 0 Å². The maximum absolute atomic E-state index is 3.98. The molecule has 0 aliphatic rings. The highest BCUT2D eigenvalue weighted by Crippen LogP contribution is 2.12. The largest absolute Gasteiger partial charge is 0.0991 e. The predicted octanol–water partition coefficient (Wildman–Crippen LogP) is 4.92. The molecule has 84 valence electrons. The van der Waals surface area contributed by atoms with Crippen molar-refractivity contribution in [1.29, 1.82) is 0 Å². The van der Waals surface area contributed by atoms with Crippen LogP contribution in [0.5, 0.6) is 0 Å². The molecule has 0 aromatic rings. The third kappa shape index (κ3) is 5.82. The van der Waals surface area contributed by atoms with E-state index in [9.17, 15) is 0 Å². The summed E-state index contributed by atoms with van der Waals surface area (Å²) in [5.41, 5.74) is 3.17. The molecule has 0 spiro atoms. The Bertz CT molecular complexity index is 371. The third-order valence-electron chi connectivity index (χ3n) is 2.04. The molecule has 0 saturated carbocycles. The summed E-state index contributed by atoms with van der Waals surface area (Å²) >= 11 is 0. The SMILES string of the molecule is C=C/C=C\C(=C)/C(C)=C/C(C=C)=C/C=C\C. The third-order valence-corrected chi connectivity index (χ3v) is 2.04. The lowest BCUT2D eigenvalue weighted by atomic mass is 10.1. The van der Waals surface area contributed by atoms with Gasteiger partial charge in [-0.25, -0.2) is 0 Å². The fourth-order valence-electron chi connectivity index (χ4n) is 1.04. The molecule has 0 aliphatic heterocycles. The van der Waals surface area contributed by atoms with Gasteiger partial charge in [0.1, 0.15) is 0 Å². The highest BCUT2D eigenvalue weighted by molar-refractivity contribution is 5.44. The van der Waals surface area contributed by atoms with E-state index in [0.717, 1.165) is 16.7 Å². The van der Waals surface area contributed by atoms with Crippen molar-refractivity contribution in [3.05, 3.63) is 85.1 Å². The average molecular weight is 212 g/mol. The van der Waals surface area contributed by atoms with Crippen LogP contribution >= 0.6 is 0 Å². The van der Waals surface area contributed by atoms with E-state index in [1.165, 1.54) is 0 Å². The van der Waals surface area contributed by atoms with Gasteiger partial charge in [-0.2, -0.15) is 0 Å². The van der Waals surface area contributed by atoms with Crippen LogP contribution in [-0.2, 0) is 0 Å². The summed E-state index contributed by atoms with van der Waals surface area (Å²) in [5, 5.41) is 0. The van der Waals surface area contributed by atoms with Crippen molar-refractivity contribution in [1.82, 2.24) is 0 Å². The van der Waals surface area contributed by atoms with E-state index in [4.69, 9.17) is 0 Å². The van der Waals surface area contributed by atoms with Gasteiger partial charge in [-0.1, -0.05) is 68.3 Å². The average Bonchev–Trinajstić information content (AvgIpc) is 2.30. The van der Waals surface area contributed by atoms with Gasteiger partial charge in [-0.05, 0) is 30.6 Å². The van der Waals surface area contributed by atoms with Crippen LogP contribution in [0.15, 0.2) is 85.1 Å². The van der Waals surface area contributed by atoms with Gasteiger partial charge < -0.3 is 0 Å². The van der Waals surface area contributed by atoms with Crippen LogP contribution in [0.4, 0.5) is 0 Å². The van der Waals surface area contributed by atoms with Gasteiger partial charge in [-0.15, -0.1) is 0 Å². The van der Waals surface area contributed by atoms with Crippen LogP contribution < -0.4 is 0 Å². The second kappa shape index (κ2) is 8.49. The van der Waals surface area contributed by atoms with Gasteiger partial charge in [0.05, 0.1) is 0 Å². The fraction of sp³-hybridized carbons (Fsp3) is 0.125. The smallest absolute Gasteiger partial charge is 0.0260 e. The molecule has 0 nitrogen and oxygen atoms in total. The van der Waals surface area contributed by atoms with Gasteiger partial charge in [0, 0.05) is 0 Å². The van der Waals surface area contributed by atoms with Gasteiger partial charge in [-0.3, -0.25) is 0 Å². The Kier molecular flexibility index (Phi) is 7.52. The molecule has 0 N–H and O–H groups in total. The van der Waals surface area contributed by atoms with Crippen LogP contribution in [0.2, 0.25) is 0 Å². The molecule has 0 aromatic carbocycles. The van der Waals surface area contributed by atoms with Crippen molar-refractivity contribution in [3.63, 3.8) is 0 Å². The summed E-state index contributed by atoms with van der Waals surface area (Å²) in [4.78, 5) is 0. The Balaban J connectivity index is 4.86. The van der Waals surface area contributed by atoms with Crippen molar-refractivity contribution in [3.8, 4) is 0 Å². The zero-order valence-electron chi connectivity index (χ0n) is 10.2. The number of rotatable bonds is 6. The summed E-state index contributed by atoms with van der Waals surface area (Å²) in [5.74, 6) is 0. The molecule has 0 saturated heterocycles. The first kappa shape index (κ1) is 14.2. The molecule has 0 fully saturated rings. The first-order valence-electron chi connectivity index (χ1n) is 5.27. The van der Waals surface area contributed by atoms with Crippen LogP contribution in [0, 0.1) is 0 Å².